The van der Waals surface area contributed by atoms with Crippen LogP contribution in [0.2, 0.25) is 10.0 Å². The number of carbonyl (C=O) groups is 6. The summed E-state index contributed by atoms with van der Waals surface area (Å²) < 4.78 is 16.4. The second-order valence-electron chi connectivity index (χ2n) is 40.7. The number of carboxylic acids is 2. The number of nitrogens with two attached hydrogens (primary N) is 2. The zero-order chi connectivity index (χ0) is 83.1. The Balaban J connectivity index is 0.710. The van der Waals surface area contributed by atoms with E-state index >= 15 is 0 Å². The fourth-order valence-electron chi connectivity index (χ4n) is 26.8. The SMILES string of the molecule is CC[C@H](CC[C@@]1(C)[C@H](C)CC[C@]2(C)[C@@H]1CC[C@@H]1C3=C(C(C)C)C(=O)C[C@]3([C@H](O)c3nnc(-c4ccc(Cl)c(CC(C)(CC(=O)O[C@H]5CC[C@]6(C)[C@H]7CC[C@@H]8C9=C(C(C)C)C(=O)C[C@]9([C@@H](O)c9nnc(-c%10ccc(Cl)cn%10)n9CCN)CC[C@@]8(C)[C@]7(C)CC[C@H]6C5(C)C)C(=O)O)c4)n3CCN)CC[C@]12C)OC(=O)CC(C)(C)C(=O)O. The number of aromatic nitrogens is 7. The van der Waals surface area contributed by atoms with Crippen LogP contribution >= 0.6 is 23.2 Å². The van der Waals surface area contributed by atoms with Crippen LogP contribution in [0.15, 0.2) is 58.8 Å². The van der Waals surface area contributed by atoms with E-state index in [0.717, 1.165) is 99.3 Å². The fourth-order valence-corrected chi connectivity index (χ4v) is 27.1. The van der Waals surface area contributed by atoms with Gasteiger partial charge >= 0.3 is 23.9 Å². The molecule has 1 unspecified atom stereocenters. The Kier molecular flexibility index (Phi) is 22.9. The van der Waals surface area contributed by atoms with Crippen LogP contribution < -0.4 is 11.5 Å². The molecule has 0 aliphatic heterocycles. The number of aliphatic hydroxyl groups excluding tert-OH is 2. The molecule has 8 N–H and O–H groups in total. The van der Waals surface area contributed by atoms with Crippen molar-refractivity contribution in [3.05, 3.63) is 86.1 Å². The highest BCUT2D eigenvalue weighted by Crippen LogP contribution is 2.79. The quantitative estimate of drug-likeness (QED) is 0.0318. The average Bonchev–Trinajstić information content (AvgIpc) is 1.26. The number of pyridine rings is 1. The third kappa shape index (κ3) is 13.5. The van der Waals surface area contributed by atoms with Gasteiger partial charge in [0.1, 0.15) is 30.1 Å². The number of allylic oxidation sites excluding steroid dienone is 2. The van der Waals surface area contributed by atoms with E-state index in [-0.39, 0.29) is 125 Å². The normalized spacial score (nSPS) is 34.4. The van der Waals surface area contributed by atoms with Gasteiger partial charge in [0.25, 0.3) is 0 Å². The lowest BCUT2D eigenvalue weighted by Gasteiger charge is -2.72. The molecule has 7 fully saturated rings. The maximum absolute atomic E-state index is 14.9. The van der Waals surface area contributed by atoms with Gasteiger partial charge in [0.2, 0.25) is 0 Å². The summed E-state index contributed by atoms with van der Waals surface area (Å²) in [5, 5.41) is 67.3. The van der Waals surface area contributed by atoms with Gasteiger partial charge in [-0.3, -0.25) is 33.8 Å². The van der Waals surface area contributed by atoms with Gasteiger partial charge in [-0.05, 0) is 274 Å². The molecule has 3 aromatic heterocycles. The number of aliphatic carboxylic acids is 2. The number of halogens is 2. The van der Waals surface area contributed by atoms with Crippen molar-refractivity contribution in [2.24, 2.45) is 118 Å². The summed E-state index contributed by atoms with van der Waals surface area (Å²) in [5.41, 5.74) is 11.9. The molecule has 3 heterocycles. The number of carbonyl (C=O) groups excluding carboxylic acids is 4. The van der Waals surface area contributed by atoms with Gasteiger partial charge in [-0.25, -0.2) is 0 Å². The van der Waals surface area contributed by atoms with E-state index in [0.29, 0.717) is 107 Å². The molecule has 0 radical (unpaired) electrons. The minimum Gasteiger partial charge on any atom is -0.481 e. The van der Waals surface area contributed by atoms with E-state index < -0.39 is 75.7 Å². The molecule has 9 aliphatic carbocycles. The molecular weight excluding hydrogens is 1480 g/mol. The summed E-state index contributed by atoms with van der Waals surface area (Å²) in [6, 6.07) is 8.83. The van der Waals surface area contributed by atoms with Gasteiger partial charge in [0.05, 0.1) is 28.7 Å². The number of ketones is 2. The first-order valence-corrected chi connectivity index (χ1v) is 43.6. The van der Waals surface area contributed by atoms with Gasteiger partial charge in [-0.2, -0.15) is 0 Å². The highest BCUT2D eigenvalue weighted by Gasteiger charge is 2.73. The van der Waals surface area contributed by atoms with Crippen molar-refractivity contribution in [1.82, 2.24) is 34.5 Å². The third-order valence-electron chi connectivity index (χ3n) is 33.5. The Morgan fingerprint density at radius 3 is 1.70 bits per heavy atom. The zero-order valence-electron chi connectivity index (χ0n) is 70.9. The highest BCUT2D eigenvalue weighted by molar-refractivity contribution is 6.31. The molecule has 4 aromatic rings. The largest absolute Gasteiger partial charge is 0.481 e. The van der Waals surface area contributed by atoms with E-state index in [9.17, 15) is 49.2 Å². The smallest absolute Gasteiger partial charge is 0.310 e. The molecule has 114 heavy (non-hydrogen) atoms. The molecule has 0 amide bonds. The maximum Gasteiger partial charge on any atom is 0.310 e. The number of ether oxygens (including phenoxy) is 2. The van der Waals surface area contributed by atoms with Crippen molar-refractivity contribution in [2.45, 2.75) is 296 Å². The van der Waals surface area contributed by atoms with Gasteiger partial charge < -0.3 is 50.5 Å². The van der Waals surface area contributed by atoms with Crippen molar-refractivity contribution in [2.75, 3.05) is 13.1 Å². The number of aliphatic hydroxyl groups is 2. The summed E-state index contributed by atoms with van der Waals surface area (Å²) in [6.45, 7) is 37.8. The maximum atomic E-state index is 14.9. The van der Waals surface area contributed by atoms with E-state index in [4.69, 9.17) is 54.3 Å². The molecule has 21 nitrogen and oxygen atoms in total. The van der Waals surface area contributed by atoms with Crippen LogP contribution in [0.3, 0.4) is 0 Å². The predicted octanol–water partition coefficient (Wildman–Crippen LogP) is 17.3. The summed E-state index contributed by atoms with van der Waals surface area (Å²) in [5.74, 6) is -0.542. The van der Waals surface area contributed by atoms with Gasteiger partial charge in [0.15, 0.2) is 34.9 Å². The van der Waals surface area contributed by atoms with Crippen LogP contribution in [0, 0.1) is 107 Å². The lowest BCUT2D eigenvalue weighted by atomic mass is 9.33. The van der Waals surface area contributed by atoms with Crippen molar-refractivity contribution in [1.29, 1.82) is 0 Å². The zero-order valence-corrected chi connectivity index (χ0v) is 72.4. The number of esters is 2. The number of nitrogens with zero attached hydrogens (tertiary/aromatic N) is 7. The molecule has 0 saturated heterocycles. The molecule has 9 aliphatic rings. The minimum absolute atomic E-state index is 0.00627. The van der Waals surface area contributed by atoms with Crippen molar-refractivity contribution in [3.8, 4) is 22.9 Å². The van der Waals surface area contributed by atoms with Crippen molar-refractivity contribution >= 4 is 58.6 Å². The number of fused-ring (bicyclic) bond motifs is 12. The second-order valence-corrected chi connectivity index (χ2v) is 41.5. The van der Waals surface area contributed by atoms with Crippen LogP contribution in [0.1, 0.15) is 282 Å². The van der Waals surface area contributed by atoms with Crippen LogP contribution in [0.5, 0.6) is 0 Å². The number of hydrogen-bond donors (Lipinski definition) is 6. The first-order chi connectivity index (χ1) is 53.4. The Labute approximate surface area is 684 Å². The number of hydrogen-bond acceptors (Lipinski definition) is 17. The van der Waals surface area contributed by atoms with E-state index in [1.165, 1.54) is 0 Å². The van der Waals surface area contributed by atoms with Gasteiger partial charge in [0, 0.05) is 72.0 Å². The van der Waals surface area contributed by atoms with Crippen LogP contribution in [-0.2, 0) is 57.8 Å². The molecular formula is C91H129Cl2N9O12. The molecule has 7 saturated carbocycles. The average molecular weight is 1610 g/mol. The summed E-state index contributed by atoms with van der Waals surface area (Å²) in [4.78, 5) is 88.0. The molecule has 13 rings (SSSR count). The number of rotatable bonds is 26. The fraction of sp³-hybridized carbons (Fsp3) is 0.725. The molecule has 0 spiro atoms. The number of benzene rings is 1. The van der Waals surface area contributed by atoms with E-state index in [2.05, 4.69) is 105 Å². The van der Waals surface area contributed by atoms with Crippen molar-refractivity contribution in [3.63, 3.8) is 0 Å². The molecule has 19 atom stereocenters. The van der Waals surface area contributed by atoms with Crippen molar-refractivity contribution < 1.29 is 58.7 Å². The topological polar surface area (TPSA) is 328 Å². The Morgan fingerprint density at radius 1 is 0.632 bits per heavy atom. The van der Waals surface area contributed by atoms with Crippen LogP contribution in [-0.4, -0.2) is 116 Å². The molecule has 624 valence electrons. The number of carboxylic acid groups (broad SMARTS) is 2. The van der Waals surface area contributed by atoms with Gasteiger partial charge in [-0.15, -0.1) is 20.4 Å². The Morgan fingerprint density at radius 2 is 1.18 bits per heavy atom. The standard InChI is InChI=1S/C91H129Cl2N9O12/c1-18-56(113-67(105)47-81(7,8)79(109)110)28-31-84(12)52(6)27-33-88(16)64(84)25-21-57-71-69(50(2)3)61(103)45-90(71,37-35-86(57,88)14)73(107)77-99-97-75(101(77)41-39-94)53-19-23-59(93)54(43-53)44-83(11,80(111)112)48-68(106)114-66-30-32-85(13)63(82(66,9)10)29-34-89(17)65(85)26-22-58-72-70(51(4)5)62(104)46-91(72,38-36-87(58,89)15)74(108)78-100-98-76(102(78)42-40-95)60-24-20-55(92)49-96-60/h19-20,23-24,43,49-52,56-58,63-66,73-74,107-108H,18,21-22,25-42,44-48,94-95H2,1-17H3,(H,109,110)(H,111,112)/t52-,56-,57-,58-,63+,64-,65-,66+,73-,74+,83?,84+,85+,86-,87-,88-,89-,90-,91-/m1/s1. The number of Topliss-reactive ketones (excluding diaryl/α,β-unsaturated/α-hetero) is 2. The van der Waals surface area contributed by atoms with Gasteiger partial charge in [-0.1, -0.05) is 120 Å². The highest BCUT2D eigenvalue weighted by atomic mass is 35.5. The third-order valence-corrected chi connectivity index (χ3v) is 34.1. The Hall–Kier alpha value is -6.23. The summed E-state index contributed by atoms with van der Waals surface area (Å²) >= 11 is 13.4. The molecule has 23 heteroatoms. The first-order valence-electron chi connectivity index (χ1n) is 42.8. The van der Waals surface area contributed by atoms with E-state index in [1.54, 1.807) is 57.3 Å². The lowest BCUT2D eigenvalue weighted by molar-refractivity contribution is -0.235. The Bertz CT molecular complexity index is 4510. The lowest BCUT2D eigenvalue weighted by Crippen LogP contribution is -2.66. The molecule has 1 aromatic carbocycles. The predicted molar refractivity (Wildman–Crippen MR) is 438 cm³/mol. The van der Waals surface area contributed by atoms with Crippen LogP contribution in [0.25, 0.3) is 22.9 Å². The molecule has 0 bridgehead atoms. The summed E-state index contributed by atoms with van der Waals surface area (Å²) in [7, 11) is 0. The first kappa shape index (κ1) is 85.6. The summed E-state index contributed by atoms with van der Waals surface area (Å²) in [6.07, 6.45) is 11.7. The minimum atomic E-state index is -1.66. The monoisotopic (exact) mass is 1610 g/mol. The van der Waals surface area contributed by atoms with E-state index in [1.807, 2.05) is 16.1 Å². The second kappa shape index (κ2) is 30.5. The van der Waals surface area contributed by atoms with Crippen LogP contribution in [0.4, 0.5) is 0 Å².